The van der Waals surface area contributed by atoms with E-state index in [1.165, 1.54) is 63.4 Å². The molecule has 3 aliphatic rings. The molecule has 2 aromatic rings. The Balaban J connectivity index is 1.21. The molecule has 4 unspecified atom stereocenters. The lowest BCUT2D eigenvalue weighted by atomic mass is 9.61. The minimum Gasteiger partial charge on any atom is -0.493 e. The zero-order valence-electron chi connectivity index (χ0n) is 21.7. The van der Waals surface area contributed by atoms with Gasteiger partial charge < -0.3 is 4.74 Å². The lowest BCUT2D eigenvalue weighted by Gasteiger charge is -2.45. The maximum absolute atomic E-state index is 14.8. The molecular formula is C31H34F6O. The van der Waals surface area contributed by atoms with Crippen LogP contribution in [0.15, 0.2) is 18.2 Å². The van der Waals surface area contributed by atoms with E-state index in [1.807, 2.05) is 0 Å². The summed E-state index contributed by atoms with van der Waals surface area (Å²) in [6.07, 6.45) is 7.84. The molecule has 0 spiro atoms. The number of halogens is 6. The van der Waals surface area contributed by atoms with Crippen LogP contribution < -0.4 is 4.74 Å². The van der Waals surface area contributed by atoms with Gasteiger partial charge in [-0.1, -0.05) is 25.7 Å². The Morgan fingerprint density at radius 1 is 0.789 bits per heavy atom. The first-order valence-corrected chi connectivity index (χ1v) is 13.9. The second kappa shape index (κ2) is 11.0. The van der Waals surface area contributed by atoms with Gasteiger partial charge in [-0.25, -0.2) is 13.2 Å². The average molecular weight is 537 g/mol. The smallest absolute Gasteiger partial charge is 0.458 e. The SMILES string of the molecule is CC1CCC(C2CCC3CC(COc4cc(F)c5c(F)c(C#CC(F)(F)F)c(F)cc5c4)CCC3C2)CC1. The largest absolute Gasteiger partial charge is 0.493 e. The van der Waals surface area contributed by atoms with E-state index in [4.69, 9.17) is 4.74 Å². The minimum atomic E-state index is -4.92. The van der Waals surface area contributed by atoms with Crippen molar-refractivity contribution < 1.29 is 31.1 Å². The second-order valence-electron chi connectivity index (χ2n) is 11.9. The van der Waals surface area contributed by atoms with Gasteiger partial charge in [0.05, 0.1) is 17.6 Å². The molecule has 206 valence electrons. The van der Waals surface area contributed by atoms with Crippen LogP contribution in [0.1, 0.15) is 76.7 Å². The molecule has 0 N–H and O–H groups in total. The maximum Gasteiger partial charge on any atom is 0.458 e. The van der Waals surface area contributed by atoms with Gasteiger partial charge in [-0.05, 0) is 104 Å². The van der Waals surface area contributed by atoms with Crippen LogP contribution >= 0.6 is 0 Å². The summed E-state index contributed by atoms with van der Waals surface area (Å²) < 4.78 is 86.8. The Morgan fingerprint density at radius 3 is 2.13 bits per heavy atom. The summed E-state index contributed by atoms with van der Waals surface area (Å²) in [5, 5.41) is -0.721. The molecule has 0 amide bonds. The monoisotopic (exact) mass is 536 g/mol. The third-order valence-corrected chi connectivity index (χ3v) is 9.36. The fourth-order valence-corrected chi connectivity index (χ4v) is 7.29. The summed E-state index contributed by atoms with van der Waals surface area (Å²) >= 11 is 0. The molecule has 0 saturated heterocycles. The summed E-state index contributed by atoms with van der Waals surface area (Å²) in [7, 11) is 0. The van der Waals surface area contributed by atoms with E-state index in [-0.39, 0.29) is 11.1 Å². The summed E-state index contributed by atoms with van der Waals surface area (Å²) in [5.74, 6) is 3.16. The van der Waals surface area contributed by atoms with Crippen molar-refractivity contribution in [3.8, 4) is 17.6 Å². The fourth-order valence-electron chi connectivity index (χ4n) is 7.29. The number of fused-ring (bicyclic) bond motifs is 2. The summed E-state index contributed by atoms with van der Waals surface area (Å²) in [6.45, 7) is 2.77. The van der Waals surface area contributed by atoms with Crippen molar-refractivity contribution in [2.45, 2.75) is 77.3 Å². The van der Waals surface area contributed by atoms with Gasteiger partial charge in [0, 0.05) is 12.0 Å². The summed E-state index contributed by atoms with van der Waals surface area (Å²) in [6, 6.07) is 3.13. The third kappa shape index (κ3) is 6.10. The Labute approximate surface area is 220 Å². The van der Waals surface area contributed by atoms with Crippen molar-refractivity contribution in [2.24, 2.45) is 35.5 Å². The standard InChI is InChI=1S/C31H34F6O/c1-18-2-5-20(6-3-18)22-9-8-21-12-19(4-7-23(21)13-22)17-38-25-14-24-15-27(32)26(10-11-31(35,36)37)30(34)29(24)28(33)16-25/h14-16,18-23H,2-9,12-13,17H2,1H3. The van der Waals surface area contributed by atoms with Crippen molar-refractivity contribution in [2.75, 3.05) is 6.61 Å². The molecular weight excluding hydrogens is 502 g/mol. The summed E-state index contributed by atoms with van der Waals surface area (Å²) in [5.41, 5.74) is -1.10. The molecule has 38 heavy (non-hydrogen) atoms. The molecule has 4 atom stereocenters. The minimum absolute atomic E-state index is 0.119. The highest BCUT2D eigenvalue weighted by atomic mass is 19.4. The highest BCUT2D eigenvalue weighted by molar-refractivity contribution is 5.86. The van der Waals surface area contributed by atoms with E-state index >= 15 is 0 Å². The van der Waals surface area contributed by atoms with Crippen LogP contribution in [0.4, 0.5) is 26.3 Å². The molecule has 1 nitrogen and oxygen atoms in total. The topological polar surface area (TPSA) is 9.23 Å². The molecule has 3 fully saturated rings. The fraction of sp³-hybridized carbons (Fsp3) is 0.613. The zero-order chi connectivity index (χ0) is 27.0. The van der Waals surface area contributed by atoms with E-state index < -0.39 is 34.6 Å². The Kier molecular flexibility index (Phi) is 7.89. The first-order valence-electron chi connectivity index (χ1n) is 13.9. The van der Waals surface area contributed by atoms with Crippen molar-refractivity contribution in [1.29, 1.82) is 0 Å². The average Bonchev–Trinajstić information content (AvgIpc) is 2.86. The third-order valence-electron chi connectivity index (χ3n) is 9.36. The predicted molar refractivity (Wildman–Crippen MR) is 135 cm³/mol. The van der Waals surface area contributed by atoms with Gasteiger partial charge in [0.2, 0.25) is 0 Å². The molecule has 3 saturated carbocycles. The van der Waals surface area contributed by atoms with Crippen LogP contribution in [0.25, 0.3) is 10.8 Å². The molecule has 0 bridgehead atoms. The molecule has 0 heterocycles. The highest BCUT2D eigenvalue weighted by Gasteiger charge is 2.38. The van der Waals surface area contributed by atoms with Gasteiger partial charge in [-0.2, -0.15) is 13.2 Å². The normalized spacial score (nSPS) is 29.9. The number of rotatable bonds is 4. The van der Waals surface area contributed by atoms with Crippen molar-refractivity contribution in [3.05, 3.63) is 41.2 Å². The Hall–Kier alpha value is -2.36. The molecule has 0 aromatic heterocycles. The quantitative estimate of drug-likeness (QED) is 0.280. The highest BCUT2D eigenvalue weighted by Crippen LogP contribution is 2.49. The van der Waals surface area contributed by atoms with Gasteiger partial charge in [-0.15, -0.1) is 0 Å². The van der Waals surface area contributed by atoms with Crippen molar-refractivity contribution in [3.63, 3.8) is 0 Å². The van der Waals surface area contributed by atoms with Gasteiger partial charge >= 0.3 is 6.18 Å². The van der Waals surface area contributed by atoms with Crippen LogP contribution in [-0.2, 0) is 0 Å². The lowest BCUT2D eigenvalue weighted by molar-refractivity contribution is -0.0696. The van der Waals surface area contributed by atoms with E-state index in [0.29, 0.717) is 18.4 Å². The molecule has 0 aliphatic heterocycles. The first kappa shape index (κ1) is 27.2. The van der Waals surface area contributed by atoms with Gasteiger partial charge in [0.15, 0.2) is 5.82 Å². The van der Waals surface area contributed by atoms with Crippen molar-refractivity contribution in [1.82, 2.24) is 0 Å². The Morgan fingerprint density at radius 2 is 1.42 bits per heavy atom. The van der Waals surface area contributed by atoms with Gasteiger partial charge in [0.25, 0.3) is 0 Å². The van der Waals surface area contributed by atoms with E-state index in [9.17, 15) is 26.3 Å². The number of hydrogen-bond acceptors (Lipinski definition) is 1. The molecule has 7 heteroatoms. The number of hydrogen-bond donors (Lipinski definition) is 0. The Bertz CT molecular complexity index is 1220. The van der Waals surface area contributed by atoms with E-state index in [0.717, 1.165) is 54.6 Å². The second-order valence-corrected chi connectivity index (χ2v) is 11.9. The number of ether oxygens (including phenoxy) is 1. The zero-order valence-corrected chi connectivity index (χ0v) is 21.7. The first-order chi connectivity index (χ1) is 18.1. The van der Waals surface area contributed by atoms with Crippen LogP contribution in [0.3, 0.4) is 0 Å². The molecule has 5 rings (SSSR count). The summed E-state index contributed by atoms with van der Waals surface area (Å²) in [4.78, 5) is 0. The van der Waals surface area contributed by atoms with Crippen LogP contribution in [0, 0.1) is 64.8 Å². The molecule has 0 radical (unpaired) electrons. The van der Waals surface area contributed by atoms with Crippen LogP contribution in [-0.4, -0.2) is 12.8 Å². The number of alkyl halides is 3. The maximum atomic E-state index is 14.8. The van der Waals surface area contributed by atoms with Crippen LogP contribution in [0.5, 0.6) is 5.75 Å². The number of benzene rings is 2. The van der Waals surface area contributed by atoms with E-state index in [2.05, 4.69) is 6.92 Å². The van der Waals surface area contributed by atoms with Crippen LogP contribution in [0.2, 0.25) is 0 Å². The van der Waals surface area contributed by atoms with Gasteiger partial charge in [0.1, 0.15) is 17.4 Å². The molecule has 2 aromatic carbocycles. The van der Waals surface area contributed by atoms with Crippen molar-refractivity contribution >= 4 is 10.8 Å². The van der Waals surface area contributed by atoms with Gasteiger partial charge in [-0.3, -0.25) is 0 Å². The lowest BCUT2D eigenvalue weighted by Crippen LogP contribution is -2.35. The molecule has 3 aliphatic carbocycles. The predicted octanol–water partition coefficient (Wildman–Crippen LogP) is 9.21. The van der Waals surface area contributed by atoms with E-state index in [1.54, 1.807) is 0 Å².